The third-order valence-electron chi connectivity index (χ3n) is 2.85. The predicted molar refractivity (Wildman–Crippen MR) is 79.2 cm³/mol. The molecular weight excluding hydrogens is 331 g/mol. The third kappa shape index (κ3) is 4.10. The van der Waals surface area contributed by atoms with Crippen molar-refractivity contribution in [3.05, 3.63) is 40.9 Å². The molecule has 9 heteroatoms. The molecule has 1 aromatic rings. The van der Waals surface area contributed by atoms with Gasteiger partial charge >= 0.3 is 12.3 Å². The molecule has 5 nitrogen and oxygen atoms in total. The molecule has 0 fully saturated rings. The van der Waals surface area contributed by atoms with Gasteiger partial charge in [-0.2, -0.15) is 18.4 Å². The fraction of sp³-hybridized carbons (Fsp3) is 0.286. The van der Waals surface area contributed by atoms with Crippen molar-refractivity contribution in [1.82, 2.24) is 5.32 Å². The molecule has 1 heterocycles. The zero-order valence-electron chi connectivity index (χ0n) is 11.9. The maximum atomic E-state index is 12.8. The maximum absolute atomic E-state index is 12.8. The van der Waals surface area contributed by atoms with Crippen LogP contribution in [0.4, 0.5) is 23.7 Å². The molecule has 1 aromatic carbocycles. The second kappa shape index (κ2) is 6.83. The van der Waals surface area contributed by atoms with E-state index in [1.165, 1.54) is 23.2 Å². The van der Waals surface area contributed by atoms with Crippen LogP contribution in [0.1, 0.15) is 12.5 Å². The molecule has 2 rings (SSSR count). The summed E-state index contributed by atoms with van der Waals surface area (Å²) >= 11 is 1.01. The highest BCUT2D eigenvalue weighted by Crippen LogP contribution is 2.37. The average molecular weight is 343 g/mol. The molecule has 23 heavy (non-hydrogen) atoms. The first kappa shape index (κ1) is 17.0. The molecule has 0 aliphatic carbocycles. The normalized spacial score (nSPS) is 17.4. The number of nitriles is 1. The smallest absolute Gasteiger partial charge is 0.416 e. The van der Waals surface area contributed by atoms with Gasteiger partial charge in [-0.05, 0) is 25.1 Å². The number of carbonyl (C=O) groups excluding carboxylic acids is 1. The standard InChI is InChI=1S/C14H12F3N3O2S/c1-2-22-13(21)19-12-20(8-11(7-18)23-12)10-5-3-4-9(6-10)14(15,16)17/h3-6,8,12H,2H2,1H3,(H,19,21). The van der Waals surface area contributed by atoms with Crippen LogP contribution < -0.4 is 10.2 Å². The number of alkyl halides is 3. The summed E-state index contributed by atoms with van der Waals surface area (Å²) in [5.74, 6) is 0. The Hall–Kier alpha value is -2.34. The van der Waals surface area contributed by atoms with E-state index >= 15 is 0 Å². The van der Waals surface area contributed by atoms with Crippen molar-refractivity contribution in [2.75, 3.05) is 11.5 Å². The lowest BCUT2D eigenvalue weighted by molar-refractivity contribution is -0.137. The molecule has 1 N–H and O–H groups in total. The zero-order chi connectivity index (χ0) is 17.0. The van der Waals surface area contributed by atoms with Crippen LogP contribution in [0.15, 0.2) is 35.4 Å². The maximum Gasteiger partial charge on any atom is 0.416 e. The van der Waals surface area contributed by atoms with Gasteiger partial charge in [0.15, 0.2) is 5.50 Å². The van der Waals surface area contributed by atoms with E-state index in [4.69, 9.17) is 10.00 Å². The summed E-state index contributed by atoms with van der Waals surface area (Å²) in [6, 6.07) is 6.55. The third-order valence-corrected chi connectivity index (χ3v) is 3.87. The number of nitrogens with zero attached hydrogens (tertiary/aromatic N) is 2. The Labute approximate surface area is 134 Å². The van der Waals surface area contributed by atoms with Gasteiger partial charge in [-0.25, -0.2) is 4.79 Å². The molecule has 0 bridgehead atoms. The SMILES string of the molecule is CCOC(=O)NC1SC(C#N)=CN1c1cccc(C(F)(F)F)c1. The summed E-state index contributed by atoms with van der Waals surface area (Å²) in [5, 5.41) is 11.5. The fourth-order valence-corrected chi connectivity index (χ4v) is 2.80. The van der Waals surface area contributed by atoms with E-state index in [-0.39, 0.29) is 17.2 Å². The highest BCUT2D eigenvalue weighted by atomic mass is 32.2. The van der Waals surface area contributed by atoms with Gasteiger partial charge in [0.05, 0.1) is 12.2 Å². The number of allylic oxidation sites excluding steroid dienone is 1. The minimum Gasteiger partial charge on any atom is -0.450 e. The summed E-state index contributed by atoms with van der Waals surface area (Å²) < 4.78 is 43.2. The van der Waals surface area contributed by atoms with Crippen LogP contribution in [-0.4, -0.2) is 18.2 Å². The summed E-state index contributed by atoms with van der Waals surface area (Å²) in [6.45, 7) is 1.79. The Morgan fingerprint density at radius 3 is 2.87 bits per heavy atom. The van der Waals surface area contributed by atoms with Crippen LogP contribution in [0.5, 0.6) is 0 Å². The van der Waals surface area contributed by atoms with E-state index in [1.807, 2.05) is 6.07 Å². The quantitative estimate of drug-likeness (QED) is 0.907. The first-order valence-corrected chi connectivity index (χ1v) is 7.40. The number of ether oxygens (including phenoxy) is 1. The number of nitrogens with one attached hydrogen (secondary N) is 1. The van der Waals surface area contributed by atoms with Crippen molar-refractivity contribution in [1.29, 1.82) is 5.26 Å². The number of halogens is 3. The second-order valence-corrected chi connectivity index (χ2v) is 5.52. The second-order valence-electron chi connectivity index (χ2n) is 4.40. The minimum atomic E-state index is -4.48. The van der Waals surface area contributed by atoms with Gasteiger partial charge < -0.3 is 9.64 Å². The molecule has 1 amide bonds. The van der Waals surface area contributed by atoms with Crippen LogP contribution in [-0.2, 0) is 10.9 Å². The summed E-state index contributed by atoms with van der Waals surface area (Å²) in [6.07, 6.45) is -3.80. The molecule has 1 atom stereocenters. The van der Waals surface area contributed by atoms with Crippen molar-refractivity contribution in [3.8, 4) is 6.07 Å². The lowest BCUT2D eigenvalue weighted by Gasteiger charge is -2.25. The Morgan fingerprint density at radius 1 is 1.52 bits per heavy atom. The Kier molecular flexibility index (Phi) is 5.05. The Morgan fingerprint density at radius 2 is 2.26 bits per heavy atom. The van der Waals surface area contributed by atoms with Crippen LogP contribution >= 0.6 is 11.8 Å². The summed E-state index contributed by atoms with van der Waals surface area (Å²) in [5.41, 5.74) is -1.36. The molecule has 0 saturated heterocycles. The number of hydrogen-bond donors (Lipinski definition) is 1. The lowest BCUT2D eigenvalue weighted by Crippen LogP contribution is -2.42. The molecule has 1 aliphatic rings. The van der Waals surface area contributed by atoms with Gasteiger partial charge in [-0.3, -0.25) is 5.32 Å². The molecule has 1 aliphatic heterocycles. The lowest BCUT2D eigenvalue weighted by atomic mass is 10.2. The first-order chi connectivity index (χ1) is 10.8. The molecule has 0 aromatic heterocycles. The van der Waals surface area contributed by atoms with Crippen molar-refractivity contribution >= 4 is 23.5 Å². The molecule has 0 saturated carbocycles. The van der Waals surface area contributed by atoms with E-state index in [0.717, 1.165) is 23.9 Å². The van der Waals surface area contributed by atoms with Gasteiger partial charge in [0.1, 0.15) is 11.0 Å². The van der Waals surface area contributed by atoms with Crippen LogP contribution in [0.25, 0.3) is 0 Å². The minimum absolute atomic E-state index is 0.158. The van der Waals surface area contributed by atoms with Gasteiger partial charge in [0.2, 0.25) is 0 Å². The largest absolute Gasteiger partial charge is 0.450 e. The molecular formula is C14H12F3N3O2S. The van der Waals surface area contributed by atoms with E-state index in [1.54, 1.807) is 6.92 Å². The molecule has 122 valence electrons. The molecule has 0 spiro atoms. The van der Waals surface area contributed by atoms with Crippen LogP contribution in [0.3, 0.4) is 0 Å². The number of benzene rings is 1. The Balaban J connectivity index is 2.28. The number of thioether (sulfide) groups is 1. The summed E-state index contributed by atoms with van der Waals surface area (Å²) in [7, 11) is 0. The van der Waals surface area contributed by atoms with Crippen molar-refractivity contribution < 1.29 is 22.7 Å². The number of amides is 1. The van der Waals surface area contributed by atoms with E-state index in [9.17, 15) is 18.0 Å². The summed E-state index contributed by atoms with van der Waals surface area (Å²) in [4.78, 5) is 13.2. The Bertz CT molecular complexity index is 670. The highest BCUT2D eigenvalue weighted by Gasteiger charge is 2.33. The number of alkyl carbamates (subject to hydrolysis) is 1. The van der Waals surface area contributed by atoms with Gasteiger partial charge in [0, 0.05) is 11.9 Å². The number of rotatable bonds is 3. The van der Waals surface area contributed by atoms with Gasteiger partial charge in [0.25, 0.3) is 0 Å². The number of carbonyl (C=O) groups is 1. The van der Waals surface area contributed by atoms with Crippen molar-refractivity contribution in [3.63, 3.8) is 0 Å². The monoisotopic (exact) mass is 343 g/mol. The van der Waals surface area contributed by atoms with E-state index < -0.39 is 23.3 Å². The first-order valence-electron chi connectivity index (χ1n) is 6.52. The number of anilines is 1. The predicted octanol–water partition coefficient (Wildman–Crippen LogP) is 3.65. The van der Waals surface area contributed by atoms with Crippen molar-refractivity contribution in [2.24, 2.45) is 0 Å². The van der Waals surface area contributed by atoms with Crippen LogP contribution in [0, 0.1) is 11.3 Å². The van der Waals surface area contributed by atoms with E-state index in [2.05, 4.69) is 5.32 Å². The molecule has 1 unspecified atom stereocenters. The van der Waals surface area contributed by atoms with Gasteiger partial charge in [-0.1, -0.05) is 17.8 Å². The average Bonchev–Trinajstić information content (AvgIpc) is 2.89. The van der Waals surface area contributed by atoms with Crippen molar-refractivity contribution in [2.45, 2.75) is 18.6 Å². The highest BCUT2D eigenvalue weighted by molar-refractivity contribution is 8.04. The molecule has 0 radical (unpaired) electrons. The van der Waals surface area contributed by atoms with Gasteiger partial charge in [-0.15, -0.1) is 0 Å². The fourth-order valence-electron chi connectivity index (χ4n) is 1.88. The van der Waals surface area contributed by atoms with Crippen LogP contribution in [0.2, 0.25) is 0 Å². The number of hydrogen-bond acceptors (Lipinski definition) is 5. The topological polar surface area (TPSA) is 65.4 Å². The zero-order valence-corrected chi connectivity index (χ0v) is 12.7. The van der Waals surface area contributed by atoms with E-state index in [0.29, 0.717) is 0 Å².